The van der Waals surface area contributed by atoms with Crippen molar-refractivity contribution in [2.75, 3.05) is 33.4 Å². The Hall–Kier alpha value is -1.15. The standard InChI is InChI=1S/C18H28N2O4S/c1-14-13-17(5-6-18(14)24-12-11-23-2)25(21,22)19-15-7-9-20(10-8-15)16-3-4-16/h5-6,13,15-16,19H,3-4,7-12H2,1-2H3. The Morgan fingerprint density at radius 2 is 1.88 bits per heavy atom. The van der Waals surface area contributed by atoms with Gasteiger partial charge in [0.25, 0.3) is 0 Å². The van der Waals surface area contributed by atoms with E-state index in [1.165, 1.54) is 12.8 Å². The van der Waals surface area contributed by atoms with Gasteiger partial charge in [0.05, 0.1) is 11.5 Å². The normalized spacial score (nSPS) is 19.9. The summed E-state index contributed by atoms with van der Waals surface area (Å²) in [6, 6.07) is 5.78. The van der Waals surface area contributed by atoms with E-state index in [0.717, 1.165) is 37.5 Å². The molecule has 1 aliphatic heterocycles. The van der Waals surface area contributed by atoms with Crippen LogP contribution in [-0.2, 0) is 14.8 Å². The van der Waals surface area contributed by atoms with Gasteiger partial charge < -0.3 is 14.4 Å². The molecular formula is C18H28N2O4S. The van der Waals surface area contributed by atoms with Gasteiger partial charge in [0.15, 0.2) is 0 Å². The Bertz CT molecular complexity index is 680. The largest absolute Gasteiger partial charge is 0.491 e. The Labute approximate surface area is 150 Å². The van der Waals surface area contributed by atoms with Crippen LogP contribution < -0.4 is 9.46 Å². The van der Waals surface area contributed by atoms with Gasteiger partial charge >= 0.3 is 0 Å². The molecule has 1 aliphatic carbocycles. The van der Waals surface area contributed by atoms with Crippen LogP contribution in [0.15, 0.2) is 23.1 Å². The maximum absolute atomic E-state index is 12.7. The lowest BCUT2D eigenvalue weighted by Gasteiger charge is -2.32. The molecule has 3 rings (SSSR count). The SMILES string of the molecule is COCCOc1ccc(S(=O)(=O)NC2CCN(C3CC3)CC2)cc1C. The lowest BCUT2D eigenvalue weighted by atomic mass is 10.1. The third kappa shape index (κ3) is 4.94. The summed E-state index contributed by atoms with van der Waals surface area (Å²) in [6.45, 7) is 4.78. The first-order valence-electron chi connectivity index (χ1n) is 8.98. The average Bonchev–Trinajstić information content (AvgIpc) is 3.42. The molecule has 1 heterocycles. The van der Waals surface area contributed by atoms with E-state index >= 15 is 0 Å². The number of hydrogen-bond acceptors (Lipinski definition) is 5. The molecule has 1 saturated heterocycles. The number of rotatable bonds is 8. The second kappa shape index (κ2) is 8.03. The second-order valence-electron chi connectivity index (χ2n) is 6.93. The molecule has 0 amide bonds. The first kappa shape index (κ1) is 18.6. The van der Waals surface area contributed by atoms with Gasteiger partial charge in [-0.2, -0.15) is 0 Å². The van der Waals surface area contributed by atoms with E-state index in [2.05, 4.69) is 9.62 Å². The van der Waals surface area contributed by atoms with Gasteiger partial charge in [0.2, 0.25) is 10.0 Å². The molecule has 1 N–H and O–H groups in total. The van der Waals surface area contributed by atoms with Crippen LogP contribution in [0.25, 0.3) is 0 Å². The molecule has 1 aromatic carbocycles. The number of aryl methyl sites for hydroxylation is 1. The molecule has 2 fully saturated rings. The summed E-state index contributed by atoms with van der Waals surface area (Å²) in [5.74, 6) is 0.689. The van der Waals surface area contributed by atoms with Crippen molar-refractivity contribution in [3.05, 3.63) is 23.8 Å². The Kier molecular flexibility index (Phi) is 5.99. The third-order valence-electron chi connectivity index (χ3n) is 4.92. The van der Waals surface area contributed by atoms with Gasteiger partial charge in [-0.05, 0) is 69.5 Å². The fraction of sp³-hybridized carbons (Fsp3) is 0.667. The van der Waals surface area contributed by atoms with Crippen molar-refractivity contribution in [1.29, 1.82) is 0 Å². The summed E-state index contributed by atoms with van der Waals surface area (Å²) < 4.78 is 38.8. The number of benzene rings is 1. The van der Waals surface area contributed by atoms with Gasteiger partial charge in [0, 0.05) is 19.2 Å². The topological polar surface area (TPSA) is 67.9 Å². The van der Waals surface area contributed by atoms with E-state index in [1.807, 2.05) is 6.92 Å². The maximum Gasteiger partial charge on any atom is 0.240 e. The number of nitrogens with zero attached hydrogens (tertiary/aromatic N) is 1. The third-order valence-corrected chi connectivity index (χ3v) is 6.43. The molecule has 6 nitrogen and oxygen atoms in total. The zero-order chi connectivity index (χ0) is 17.9. The molecule has 0 atom stereocenters. The molecule has 0 aromatic heterocycles. The highest BCUT2D eigenvalue weighted by molar-refractivity contribution is 7.89. The van der Waals surface area contributed by atoms with Crippen LogP contribution in [0.4, 0.5) is 0 Å². The van der Waals surface area contributed by atoms with E-state index in [4.69, 9.17) is 9.47 Å². The molecule has 0 unspecified atom stereocenters. The van der Waals surface area contributed by atoms with E-state index in [9.17, 15) is 8.42 Å². The predicted octanol–water partition coefficient (Wildman–Crippen LogP) is 1.93. The molecule has 0 bridgehead atoms. The van der Waals surface area contributed by atoms with Crippen molar-refractivity contribution in [3.63, 3.8) is 0 Å². The molecule has 140 valence electrons. The fourth-order valence-corrected chi connectivity index (χ4v) is 4.69. The van der Waals surface area contributed by atoms with Crippen molar-refractivity contribution >= 4 is 10.0 Å². The van der Waals surface area contributed by atoms with E-state index in [0.29, 0.717) is 23.9 Å². The van der Waals surface area contributed by atoms with Crippen molar-refractivity contribution in [3.8, 4) is 5.75 Å². The predicted molar refractivity (Wildman–Crippen MR) is 96.5 cm³/mol. The van der Waals surface area contributed by atoms with Crippen LogP contribution in [0.3, 0.4) is 0 Å². The molecule has 0 spiro atoms. The first-order valence-corrected chi connectivity index (χ1v) is 10.5. The minimum absolute atomic E-state index is 0.0259. The van der Waals surface area contributed by atoms with Crippen LogP contribution in [-0.4, -0.2) is 58.8 Å². The zero-order valence-electron chi connectivity index (χ0n) is 15.0. The summed E-state index contributed by atoms with van der Waals surface area (Å²) in [7, 11) is -1.88. The Morgan fingerprint density at radius 3 is 2.48 bits per heavy atom. The fourth-order valence-electron chi connectivity index (χ4n) is 3.30. The summed E-state index contributed by atoms with van der Waals surface area (Å²) in [6.07, 6.45) is 4.36. The molecule has 1 saturated carbocycles. The summed E-state index contributed by atoms with van der Waals surface area (Å²) in [5.41, 5.74) is 0.808. The summed E-state index contributed by atoms with van der Waals surface area (Å²) in [5, 5.41) is 0. The minimum atomic E-state index is -3.50. The molecule has 2 aliphatic rings. The van der Waals surface area contributed by atoms with Crippen molar-refractivity contribution in [1.82, 2.24) is 9.62 Å². The lowest BCUT2D eigenvalue weighted by Crippen LogP contribution is -2.45. The van der Waals surface area contributed by atoms with Gasteiger partial charge in [0.1, 0.15) is 12.4 Å². The van der Waals surface area contributed by atoms with Crippen LogP contribution in [0.5, 0.6) is 5.75 Å². The number of methoxy groups -OCH3 is 1. The number of sulfonamides is 1. The van der Waals surface area contributed by atoms with E-state index in [-0.39, 0.29) is 6.04 Å². The monoisotopic (exact) mass is 368 g/mol. The lowest BCUT2D eigenvalue weighted by molar-refractivity contribution is 0.146. The number of hydrogen-bond donors (Lipinski definition) is 1. The average molecular weight is 368 g/mol. The van der Waals surface area contributed by atoms with E-state index < -0.39 is 10.0 Å². The second-order valence-corrected chi connectivity index (χ2v) is 8.65. The molecule has 0 radical (unpaired) electrons. The highest BCUT2D eigenvalue weighted by Crippen LogP contribution is 2.29. The Balaban J connectivity index is 1.58. The highest BCUT2D eigenvalue weighted by atomic mass is 32.2. The molecule has 7 heteroatoms. The number of piperidine rings is 1. The first-order chi connectivity index (χ1) is 12.0. The van der Waals surface area contributed by atoms with Gasteiger partial charge in [-0.1, -0.05) is 0 Å². The van der Waals surface area contributed by atoms with Gasteiger partial charge in [-0.15, -0.1) is 0 Å². The number of nitrogens with one attached hydrogen (secondary N) is 1. The van der Waals surface area contributed by atoms with Crippen molar-refractivity contribution in [2.24, 2.45) is 0 Å². The minimum Gasteiger partial charge on any atom is -0.491 e. The van der Waals surface area contributed by atoms with Crippen molar-refractivity contribution in [2.45, 2.75) is 49.6 Å². The zero-order valence-corrected chi connectivity index (χ0v) is 15.8. The summed E-state index contributed by atoms with van der Waals surface area (Å²) in [4.78, 5) is 2.79. The van der Waals surface area contributed by atoms with Crippen LogP contribution in [0, 0.1) is 6.92 Å². The van der Waals surface area contributed by atoms with Gasteiger partial charge in [-0.25, -0.2) is 13.1 Å². The summed E-state index contributed by atoms with van der Waals surface area (Å²) >= 11 is 0. The molecule has 25 heavy (non-hydrogen) atoms. The van der Waals surface area contributed by atoms with Crippen molar-refractivity contribution < 1.29 is 17.9 Å². The van der Waals surface area contributed by atoms with Gasteiger partial charge in [-0.3, -0.25) is 0 Å². The maximum atomic E-state index is 12.7. The van der Waals surface area contributed by atoms with E-state index in [1.54, 1.807) is 25.3 Å². The quantitative estimate of drug-likeness (QED) is 0.710. The van der Waals surface area contributed by atoms with Crippen LogP contribution in [0.2, 0.25) is 0 Å². The number of likely N-dealkylation sites (tertiary alicyclic amines) is 1. The highest BCUT2D eigenvalue weighted by Gasteiger charge is 2.33. The smallest absolute Gasteiger partial charge is 0.240 e. The molecule has 1 aromatic rings. The van der Waals surface area contributed by atoms with Crippen LogP contribution in [0.1, 0.15) is 31.2 Å². The number of ether oxygens (including phenoxy) is 2. The Morgan fingerprint density at radius 1 is 1.16 bits per heavy atom. The van der Waals surface area contributed by atoms with Crippen LogP contribution >= 0.6 is 0 Å². The molecular weight excluding hydrogens is 340 g/mol.